The Morgan fingerprint density at radius 2 is 2.11 bits per heavy atom. The molecular formula is C14H18N2O3. The van der Waals surface area contributed by atoms with Gasteiger partial charge in [0.15, 0.2) is 0 Å². The monoisotopic (exact) mass is 262 g/mol. The van der Waals surface area contributed by atoms with E-state index in [-0.39, 0.29) is 5.91 Å². The molecule has 19 heavy (non-hydrogen) atoms. The molecule has 1 aromatic carbocycles. The average molecular weight is 262 g/mol. The van der Waals surface area contributed by atoms with Gasteiger partial charge in [0.2, 0.25) is 0 Å². The number of rotatable bonds is 2. The molecule has 1 heterocycles. The molecule has 1 aliphatic heterocycles. The molecule has 1 unspecified atom stereocenters. The zero-order valence-corrected chi connectivity index (χ0v) is 10.9. The van der Waals surface area contributed by atoms with Gasteiger partial charge in [-0.05, 0) is 44.4 Å². The molecule has 0 spiro atoms. The molecule has 0 saturated carbocycles. The van der Waals surface area contributed by atoms with Gasteiger partial charge in [-0.3, -0.25) is 4.79 Å². The Balaban J connectivity index is 2.33. The largest absolute Gasteiger partial charge is 0.480 e. The van der Waals surface area contributed by atoms with Crippen LogP contribution in [0.3, 0.4) is 0 Å². The minimum atomic E-state index is -1.13. The van der Waals surface area contributed by atoms with Crippen molar-refractivity contribution in [3.8, 4) is 0 Å². The zero-order chi connectivity index (χ0) is 14.0. The van der Waals surface area contributed by atoms with Crippen molar-refractivity contribution in [3.63, 3.8) is 0 Å². The van der Waals surface area contributed by atoms with Gasteiger partial charge in [0.1, 0.15) is 5.54 Å². The van der Waals surface area contributed by atoms with Crippen molar-refractivity contribution < 1.29 is 14.7 Å². The quantitative estimate of drug-likeness (QED) is 0.795. The van der Waals surface area contributed by atoms with E-state index in [1.54, 1.807) is 31.2 Å². The second-order valence-electron chi connectivity index (χ2n) is 5.12. The van der Waals surface area contributed by atoms with Gasteiger partial charge in [-0.25, -0.2) is 4.79 Å². The van der Waals surface area contributed by atoms with E-state index in [2.05, 4.69) is 0 Å². The first-order valence-electron chi connectivity index (χ1n) is 6.36. The number of carboxylic acid groups (broad SMARTS) is 1. The highest BCUT2D eigenvalue weighted by atomic mass is 16.4. The maximum atomic E-state index is 12.5. The number of carbonyl (C=O) groups excluding carboxylic acids is 1. The van der Waals surface area contributed by atoms with Gasteiger partial charge in [0, 0.05) is 17.8 Å². The third-order valence-electron chi connectivity index (χ3n) is 3.73. The molecule has 1 aromatic rings. The Morgan fingerprint density at radius 1 is 1.37 bits per heavy atom. The number of carboxylic acids is 1. The molecule has 0 bridgehead atoms. The Bertz CT molecular complexity index is 515. The van der Waals surface area contributed by atoms with Gasteiger partial charge in [-0.2, -0.15) is 0 Å². The van der Waals surface area contributed by atoms with E-state index in [1.165, 1.54) is 4.90 Å². The number of piperidine rings is 1. The van der Waals surface area contributed by atoms with Crippen molar-refractivity contribution in [1.29, 1.82) is 0 Å². The molecular weight excluding hydrogens is 244 g/mol. The summed E-state index contributed by atoms with van der Waals surface area (Å²) < 4.78 is 0. The molecule has 1 saturated heterocycles. The van der Waals surface area contributed by atoms with Gasteiger partial charge in [0.25, 0.3) is 5.91 Å². The van der Waals surface area contributed by atoms with Crippen LogP contribution in [-0.2, 0) is 4.79 Å². The van der Waals surface area contributed by atoms with E-state index in [4.69, 9.17) is 5.73 Å². The number of nitrogens with zero attached hydrogens (tertiary/aromatic N) is 1. The first-order chi connectivity index (χ1) is 8.95. The SMILES string of the molecule is CC1(C(=O)O)CCCCN1C(=O)c1cccc(N)c1. The molecule has 3 N–H and O–H groups in total. The van der Waals surface area contributed by atoms with Gasteiger partial charge in [0.05, 0.1) is 0 Å². The number of benzene rings is 1. The summed E-state index contributed by atoms with van der Waals surface area (Å²) in [5, 5.41) is 9.40. The van der Waals surface area contributed by atoms with Crippen LogP contribution in [0.2, 0.25) is 0 Å². The standard InChI is InChI=1S/C14H18N2O3/c1-14(13(18)19)7-2-3-8-16(14)12(17)10-5-4-6-11(15)9-10/h4-6,9H,2-3,7-8,15H2,1H3,(H,18,19). The van der Waals surface area contributed by atoms with E-state index in [0.29, 0.717) is 24.2 Å². The maximum Gasteiger partial charge on any atom is 0.329 e. The Kier molecular flexibility index (Phi) is 3.46. The lowest BCUT2D eigenvalue weighted by Crippen LogP contribution is -2.57. The van der Waals surface area contributed by atoms with Crippen LogP contribution in [0.1, 0.15) is 36.5 Å². The molecule has 1 aliphatic rings. The first-order valence-corrected chi connectivity index (χ1v) is 6.36. The summed E-state index contributed by atoms with van der Waals surface area (Å²) in [7, 11) is 0. The summed E-state index contributed by atoms with van der Waals surface area (Å²) in [5.41, 5.74) is 5.48. The molecule has 5 heteroatoms. The molecule has 2 rings (SSSR count). The summed E-state index contributed by atoms with van der Waals surface area (Å²) in [5.74, 6) is -1.22. The highest BCUT2D eigenvalue weighted by Crippen LogP contribution is 2.30. The number of nitrogens with two attached hydrogens (primary N) is 1. The van der Waals surface area contributed by atoms with Gasteiger partial charge < -0.3 is 15.7 Å². The van der Waals surface area contributed by atoms with Crippen molar-refractivity contribution in [1.82, 2.24) is 4.90 Å². The first kappa shape index (κ1) is 13.4. The molecule has 102 valence electrons. The number of aliphatic carboxylic acids is 1. The van der Waals surface area contributed by atoms with Crippen molar-refractivity contribution in [2.75, 3.05) is 12.3 Å². The van der Waals surface area contributed by atoms with Crippen LogP contribution in [0.4, 0.5) is 5.69 Å². The molecule has 0 aromatic heterocycles. The fourth-order valence-corrected chi connectivity index (χ4v) is 2.50. The lowest BCUT2D eigenvalue weighted by molar-refractivity contribution is -0.150. The lowest BCUT2D eigenvalue weighted by Gasteiger charge is -2.41. The highest BCUT2D eigenvalue weighted by Gasteiger charge is 2.44. The van der Waals surface area contributed by atoms with E-state index in [9.17, 15) is 14.7 Å². The Morgan fingerprint density at radius 3 is 2.74 bits per heavy atom. The second kappa shape index (κ2) is 4.91. The third kappa shape index (κ3) is 2.41. The van der Waals surface area contributed by atoms with Crippen molar-refractivity contribution in [2.45, 2.75) is 31.7 Å². The normalized spacial score (nSPS) is 23.1. The second-order valence-corrected chi connectivity index (χ2v) is 5.12. The van der Waals surface area contributed by atoms with E-state index in [0.717, 1.165) is 12.8 Å². The van der Waals surface area contributed by atoms with Crippen LogP contribution < -0.4 is 5.73 Å². The van der Waals surface area contributed by atoms with Gasteiger partial charge in [-0.15, -0.1) is 0 Å². The summed E-state index contributed by atoms with van der Waals surface area (Å²) in [6.45, 7) is 2.08. The summed E-state index contributed by atoms with van der Waals surface area (Å²) in [6, 6.07) is 6.64. The number of nitrogen functional groups attached to an aromatic ring is 1. The molecule has 1 fully saturated rings. The summed E-state index contributed by atoms with van der Waals surface area (Å²) in [6.07, 6.45) is 2.14. The smallest absolute Gasteiger partial charge is 0.329 e. The zero-order valence-electron chi connectivity index (χ0n) is 10.9. The Hall–Kier alpha value is -2.04. The molecule has 5 nitrogen and oxygen atoms in total. The van der Waals surface area contributed by atoms with Crippen LogP contribution in [0.5, 0.6) is 0 Å². The van der Waals surface area contributed by atoms with Crippen molar-refractivity contribution in [2.24, 2.45) is 0 Å². The van der Waals surface area contributed by atoms with Crippen LogP contribution in [0, 0.1) is 0 Å². The highest BCUT2D eigenvalue weighted by molar-refractivity contribution is 5.98. The van der Waals surface area contributed by atoms with Crippen LogP contribution in [0.25, 0.3) is 0 Å². The Labute approximate surface area is 112 Å². The average Bonchev–Trinajstić information content (AvgIpc) is 2.38. The van der Waals surface area contributed by atoms with Crippen LogP contribution in [0.15, 0.2) is 24.3 Å². The number of anilines is 1. The molecule has 0 radical (unpaired) electrons. The fourth-order valence-electron chi connectivity index (χ4n) is 2.50. The molecule has 1 atom stereocenters. The van der Waals surface area contributed by atoms with Gasteiger partial charge in [-0.1, -0.05) is 6.07 Å². The van der Waals surface area contributed by atoms with Crippen molar-refractivity contribution in [3.05, 3.63) is 29.8 Å². The topological polar surface area (TPSA) is 83.6 Å². The number of likely N-dealkylation sites (tertiary alicyclic amines) is 1. The summed E-state index contributed by atoms with van der Waals surface area (Å²) in [4.78, 5) is 25.4. The number of amides is 1. The summed E-state index contributed by atoms with van der Waals surface area (Å²) >= 11 is 0. The predicted octanol–water partition coefficient (Wildman–Crippen LogP) is 1.74. The number of hydrogen-bond acceptors (Lipinski definition) is 3. The number of hydrogen-bond donors (Lipinski definition) is 2. The predicted molar refractivity (Wildman–Crippen MR) is 71.8 cm³/mol. The van der Waals surface area contributed by atoms with Crippen LogP contribution >= 0.6 is 0 Å². The minimum Gasteiger partial charge on any atom is -0.480 e. The fraction of sp³-hybridized carbons (Fsp3) is 0.429. The van der Waals surface area contributed by atoms with Crippen LogP contribution in [-0.4, -0.2) is 34.0 Å². The van der Waals surface area contributed by atoms with E-state index >= 15 is 0 Å². The molecule has 1 amide bonds. The molecule has 0 aliphatic carbocycles. The van der Waals surface area contributed by atoms with E-state index < -0.39 is 11.5 Å². The van der Waals surface area contributed by atoms with Crippen molar-refractivity contribution >= 4 is 17.6 Å². The lowest BCUT2D eigenvalue weighted by atomic mass is 9.88. The van der Waals surface area contributed by atoms with Gasteiger partial charge >= 0.3 is 5.97 Å². The maximum absolute atomic E-state index is 12.5. The number of carbonyl (C=O) groups is 2. The van der Waals surface area contributed by atoms with E-state index in [1.807, 2.05) is 0 Å². The minimum absolute atomic E-state index is 0.267. The third-order valence-corrected chi connectivity index (χ3v) is 3.73.